The Bertz CT molecular complexity index is 2200. The molecule has 7 N–H and O–H groups in total. The fourth-order valence-corrected chi connectivity index (χ4v) is 17.3. The molecule has 0 radical (unpaired) electrons. The molecule has 0 aromatic rings. The summed E-state index contributed by atoms with van der Waals surface area (Å²) in [5.41, 5.74) is -1.47. The van der Waals surface area contributed by atoms with Gasteiger partial charge in [0.15, 0.2) is 37.7 Å². The van der Waals surface area contributed by atoms with Crippen LogP contribution in [0.2, 0.25) is 0 Å². The highest BCUT2D eigenvalue weighted by Crippen LogP contribution is 2.68. The monoisotopic (exact) mass is 1230 g/mol. The second-order valence-corrected chi connectivity index (χ2v) is 27.1. The number of methoxy groups -OCH3 is 5. The van der Waals surface area contributed by atoms with Crippen molar-refractivity contribution in [1.29, 1.82) is 0 Å². The predicted molar refractivity (Wildman–Crippen MR) is 301 cm³/mol. The van der Waals surface area contributed by atoms with Crippen LogP contribution in [-0.4, -0.2) is 256 Å². The van der Waals surface area contributed by atoms with Crippen LogP contribution in [0.3, 0.4) is 0 Å². The molecule has 86 heavy (non-hydrogen) atoms. The van der Waals surface area contributed by atoms with Gasteiger partial charge in [-0.15, -0.1) is 0 Å². The van der Waals surface area contributed by atoms with Crippen LogP contribution in [0.4, 0.5) is 0 Å². The van der Waals surface area contributed by atoms with Gasteiger partial charge in [0.2, 0.25) is 0 Å². The average molecular weight is 1230 g/mol. The molecular formula is C62H104O24. The summed E-state index contributed by atoms with van der Waals surface area (Å²) < 4.78 is 106. The van der Waals surface area contributed by atoms with Crippen molar-refractivity contribution in [3.8, 4) is 0 Å². The summed E-state index contributed by atoms with van der Waals surface area (Å²) in [6.45, 7) is 15.4. The lowest BCUT2D eigenvalue weighted by Crippen LogP contribution is -2.62. The zero-order valence-corrected chi connectivity index (χ0v) is 52.7. The summed E-state index contributed by atoms with van der Waals surface area (Å²) in [7, 11) is 7.89. The van der Waals surface area contributed by atoms with Crippen molar-refractivity contribution >= 4 is 0 Å². The summed E-state index contributed by atoms with van der Waals surface area (Å²) >= 11 is 0. The minimum atomic E-state index is -1.59. The minimum absolute atomic E-state index is 0.0343. The Morgan fingerprint density at radius 1 is 0.477 bits per heavy atom. The summed E-state index contributed by atoms with van der Waals surface area (Å²) in [5.74, 6) is 1.28. The van der Waals surface area contributed by atoms with Gasteiger partial charge in [-0.1, -0.05) is 26.0 Å². The van der Waals surface area contributed by atoms with E-state index in [1.807, 2.05) is 27.7 Å². The summed E-state index contributed by atoms with van der Waals surface area (Å²) in [4.78, 5) is 0. The van der Waals surface area contributed by atoms with E-state index in [1.54, 1.807) is 42.3 Å². The number of aliphatic hydroxyl groups is 7. The Morgan fingerprint density at radius 2 is 0.988 bits per heavy atom. The fourth-order valence-electron chi connectivity index (χ4n) is 17.3. The van der Waals surface area contributed by atoms with Crippen LogP contribution in [0.15, 0.2) is 12.2 Å². The van der Waals surface area contributed by atoms with E-state index in [0.29, 0.717) is 37.5 Å². The molecule has 0 aromatic heterocycles. The molecule has 6 aliphatic heterocycles. The lowest BCUT2D eigenvalue weighted by atomic mass is 9.46. The third-order valence-electron chi connectivity index (χ3n) is 22.5. The Labute approximate surface area is 507 Å². The first-order valence-corrected chi connectivity index (χ1v) is 31.9. The van der Waals surface area contributed by atoms with Crippen molar-refractivity contribution in [2.45, 2.75) is 304 Å². The van der Waals surface area contributed by atoms with Crippen molar-refractivity contribution < 1.29 is 116 Å². The maximum atomic E-state index is 13.0. The largest absolute Gasteiger partial charge is 0.394 e. The molecule has 35 atom stereocenters. The zero-order chi connectivity index (χ0) is 61.9. The molecule has 9 fully saturated rings. The summed E-state index contributed by atoms with van der Waals surface area (Å²) in [6, 6.07) is 0. The maximum Gasteiger partial charge on any atom is 0.187 e. The topological polar surface area (TPSA) is 299 Å². The van der Waals surface area contributed by atoms with Crippen molar-refractivity contribution in [2.24, 2.45) is 34.5 Å². The van der Waals surface area contributed by atoms with E-state index in [4.69, 9.17) is 80.5 Å². The smallest absolute Gasteiger partial charge is 0.187 e. The van der Waals surface area contributed by atoms with E-state index in [0.717, 1.165) is 38.5 Å². The van der Waals surface area contributed by atoms with Crippen LogP contribution >= 0.6 is 0 Å². The first-order chi connectivity index (χ1) is 40.9. The van der Waals surface area contributed by atoms with Crippen molar-refractivity contribution in [3.05, 3.63) is 12.2 Å². The van der Waals surface area contributed by atoms with Crippen LogP contribution in [0.1, 0.15) is 126 Å². The zero-order valence-electron chi connectivity index (χ0n) is 52.7. The van der Waals surface area contributed by atoms with Gasteiger partial charge in [-0.05, 0) is 116 Å². The molecule has 0 bridgehead atoms. The van der Waals surface area contributed by atoms with Crippen LogP contribution in [0, 0.1) is 34.5 Å². The predicted octanol–water partition coefficient (Wildman–Crippen LogP) is 2.75. The first-order valence-electron chi connectivity index (χ1n) is 31.9. The number of rotatable bonds is 19. The number of allylic oxidation sites excluding steroid dienone is 2. The molecule has 10 aliphatic rings. The summed E-state index contributed by atoms with van der Waals surface area (Å²) in [6.07, 6.45) is -9.12. The van der Waals surface area contributed by atoms with Gasteiger partial charge in [-0.2, -0.15) is 0 Å². The van der Waals surface area contributed by atoms with Gasteiger partial charge in [-0.25, -0.2) is 0 Å². The quantitative estimate of drug-likeness (QED) is 0.0915. The Balaban J connectivity index is 0.703. The molecule has 3 saturated carbocycles. The van der Waals surface area contributed by atoms with Crippen molar-refractivity contribution in [3.63, 3.8) is 0 Å². The molecule has 496 valence electrons. The molecule has 6 saturated heterocycles. The highest BCUT2D eigenvalue weighted by atomic mass is 16.8. The number of aliphatic hydroxyl groups excluding tert-OH is 6. The summed E-state index contributed by atoms with van der Waals surface area (Å²) in [5, 5.41) is 76.1. The normalized spacial score (nSPS) is 53.7. The molecular weight excluding hydrogens is 1130 g/mol. The third kappa shape index (κ3) is 12.9. The van der Waals surface area contributed by atoms with E-state index in [9.17, 15) is 35.7 Å². The Morgan fingerprint density at radius 3 is 1.57 bits per heavy atom. The van der Waals surface area contributed by atoms with E-state index >= 15 is 0 Å². The van der Waals surface area contributed by atoms with E-state index in [1.165, 1.54) is 7.11 Å². The molecule has 6 heterocycles. The highest BCUT2D eigenvalue weighted by Gasteiger charge is 2.66. The number of hydrogen-bond acceptors (Lipinski definition) is 24. The molecule has 24 heteroatoms. The van der Waals surface area contributed by atoms with Gasteiger partial charge >= 0.3 is 0 Å². The highest BCUT2D eigenvalue weighted by molar-refractivity contribution is 5.22. The van der Waals surface area contributed by atoms with Gasteiger partial charge in [0.25, 0.3) is 0 Å². The number of ether oxygens (including phenoxy) is 17. The van der Waals surface area contributed by atoms with Crippen LogP contribution in [0.5, 0.6) is 0 Å². The van der Waals surface area contributed by atoms with Gasteiger partial charge < -0.3 is 116 Å². The number of fused-ring (bicyclic) bond motifs is 5. The number of hydrogen-bond donors (Lipinski definition) is 7. The van der Waals surface area contributed by atoms with Crippen LogP contribution in [0.25, 0.3) is 0 Å². The van der Waals surface area contributed by atoms with E-state index in [-0.39, 0.29) is 29.8 Å². The lowest BCUT2D eigenvalue weighted by Gasteiger charge is -2.60. The average Bonchev–Trinajstić information content (AvgIpc) is 1.50. The SMILES string of the molecule is COC1CC(OC2C(C)OC(OC3CCC4(C)C(C=CC5C4CCC4(C)C5CCC4(O)C(C)OC4CC(OC)C(OC5CC(OC)C(OC6CC(OC)C(OC7OC(CO)C(O)C(O)C7O)C(C)O6)C(C)O5)C(C)O4)C3)C(O)C2OC)OC(C)C1O. The molecule has 0 amide bonds. The molecule has 0 spiro atoms. The first kappa shape index (κ1) is 67.7. The Hall–Kier alpha value is -1.22. The van der Waals surface area contributed by atoms with Gasteiger partial charge in [0, 0.05) is 66.6 Å². The van der Waals surface area contributed by atoms with E-state index < -0.39 is 184 Å². The second kappa shape index (κ2) is 27.8. The van der Waals surface area contributed by atoms with Crippen molar-refractivity contribution in [1.82, 2.24) is 0 Å². The van der Waals surface area contributed by atoms with Crippen LogP contribution in [-0.2, 0) is 80.5 Å². The fraction of sp³-hybridized carbons (Fsp3) is 0.968. The minimum Gasteiger partial charge on any atom is -0.394 e. The molecule has 0 aromatic carbocycles. The van der Waals surface area contributed by atoms with E-state index in [2.05, 4.69) is 26.0 Å². The second-order valence-electron chi connectivity index (χ2n) is 27.1. The van der Waals surface area contributed by atoms with Gasteiger partial charge in [0.05, 0.1) is 79.4 Å². The standard InChI is InChI=1S/C62H104O24/c1-28-48(64)39(70-9)23-45(75-28)85-56-32(5)79-59(52(68)57(56)74-13)81-35-16-19-60(7)34(22-35)14-15-36-37(60)17-20-61(8)38(36)18-21-62(61,69)33(6)80-44-24-40(71-10)53(29(2)76-44)83-46-25-41(72-11)54(30(3)77-46)84-47-26-42(73-12)55(31(4)78-47)86-58-51(67)50(66)49(65)43(27-63)82-58/h14-15,28-59,63-69H,16-27H2,1-13H3. The van der Waals surface area contributed by atoms with Gasteiger partial charge in [-0.3, -0.25) is 0 Å². The third-order valence-corrected chi connectivity index (χ3v) is 22.5. The van der Waals surface area contributed by atoms with Crippen LogP contribution < -0.4 is 0 Å². The van der Waals surface area contributed by atoms with Gasteiger partial charge in [0.1, 0.15) is 67.1 Å². The molecule has 35 unspecified atom stereocenters. The van der Waals surface area contributed by atoms with Crippen molar-refractivity contribution in [2.75, 3.05) is 42.2 Å². The molecule has 24 nitrogen and oxygen atoms in total. The lowest BCUT2D eigenvalue weighted by molar-refractivity contribution is -0.357. The molecule has 10 rings (SSSR count). The maximum absolute atomic E-state index is 13.0. The molecule has 4 aliphatic carbocycles. The Kier molecular flexibility index (Phi) is 21.8.